The molecule has 2 amide bonds. The van der Waals surface area contributed by atoms with E-state index in [0.717, 1.165) is 17.5 Å². The minimum Gasteiger partial charge on any atom is -0.493 e. The van der Waals surface area contributed by atoms with E-state index >= 15 is 0 Å². The molecule has 0 aromatic heterocycles. The number of nitrogens with zero attached hydrogens (tertiary/aromatic N) is 1. The Kier molecular flexibility index (Phi) is 9.85. The number of carbonyl (C=O) groups is 2. The first-order chi connectivity index (χ1) is 15.3. The van der Waals surface area contributed by atoms with Crippen LogP contribution in [-0.4, -0.2) is 43.0 Å². The molecule has 32 heavy (non-hydrogen) atoms. The number of hydrogen-bond donors (Lipinski definition) is 1. The van der Waals surface area contributed by atoms with Gasteiger partial charge in [-0.05, 0) is 62.1 Å². The molecular weight excluding hydrogens is 428 g/mol. The van der Waals surface area contributed by atoms with E-state index in [9.17, 15) is 9.59 Å². The Morgan fingerprint density at radius 2 is 1.62 bits per heavy atom. The number of benzene rings is 2. The van der Waals surface area contributed by atoms with Crippen LogP contribution in [0.4, 0.5) is 0 Å². The van der Waals surface area contributed by atoms with E-state index in [-0.39, 0.29) is 24.3 Å². The van der Waals surface area contributed by atoms with Gasteiger partial charge in [-0.1, -0.05) is 36.7 Å². The second kappa shape index (κ2) is 12.3. The van der Waals surface area contributed by atoms with Crippen molar-refractivity contribution in [2.75, 3.05) is 14.2 Å². The van der Waals surface area contributed by atoms with Gasteiger partial charge in [0.2, 0.25) is 11.8 Å². The van der Waals surface area contributed by atoms with Crippen LogP contribution in [0.15, 0.2) is 42.5 Å². The quantitative estimate of drug-likeness (QED) is 0.531. The third-order valence-electron chi connectivity index (χ3n) is 5.51. The summed E-state index contributed by atoms with van der Waals surface area (Å²) in [6.07, 6.45) is 1.61. The summed E-state index contributed by atoms with van der Waals surface area (Å²) in [7, 11) is 3.17. The highest BCUT2D eigenvalue weighted by molar-refractivity contribution is 6.30. The summed E-state index contributed by atoms with van der Waals surface area (Å²) in [5.74, 6) is 1.01. The molecule has 0 aliphatic rings. The number of ether oxygens (including phenoxy) is 2. The van der Waals surface area contributed by atoms with Crippen molar-refractivity contribution in [3.8, 4) is 11.5 Å². The van der Waals surface area contributed by atoms with Gasteiger partial charge in [-0.2, -0.15) is 0 Å². The van der Waals surface area contributed by atoms with Gasteiger partial charge in [-0.25, -0.2) is 0 Å². The Morgan fingerprint density at radius 3 is 2.22 bits per heavy atom. The van der Waals surface area contributed by atoms with Crippen LogP contribution in [0, 0.1) is 0 Å². The summed E-state index contributed by atoms with van der Waals surface area (Å²) in [6, 6.07) is 12.4. The molecule has 2 aromatic carbocycles. The van der Waals surface area contributed by atoms with Gasteiger partial charge in [0.05, 0.1) is 14.2 Å². The SMILES string of the molecule is CC[C@@H](C)NC(=O)[C@@H](C)N(Cc1ccc(Cl)cc1)C(=O)CCc1ccc(OC)c(OC)c1. The van der Waals surface area contributed by atoms with Crippen LogP contribution < -0.4 is 14.8 Å². The van der Waals surface area contributed by atoms with Gasteiger partial charge in [-0.15, -0.1) is 0 Å². The van der Waals surface area contributed by atoms with E-state index in [1.807, 2.05) is 44.2 Å². The number of rotatable bonds is 11. The minimum absolute atomic E-state index is 0.0456. The second-order valence-electron chi connectivity index (χ2n) is 7.83. The normalized spacial score (nSPS) is 12.6. The number of methoxy groups -OCH3 is 2. The third kappa shape index (κ3) is 7.16. The minimum atomic E-state index is -0.599. The third-order valence-corrected chi connectivity index (χ3v) is 5.76. The smallest absolute Gasteiger partial charge is 0.242 e. The van der Waals surface area contributed by atoms with Gasteiger partial charge in [0.15, 0.2) is 11.5 Å². The van der Waals surface area contributed by atoms with Crippen LogP contribution in [-0.2, 0) is 22.6 Å². The first-order valence-corrected chi connectivity index (χ1v) is 11.2. The summed E-state index contributed by atoms with van der Waals surface area (Å²) in [5.41, 5.74) is 1.87. The Labute approximate surface area is 195 Å². The molecule has 0 fully saturated rings. The summed E-state index contributed by atoms with van der Waals surface area (Å²) in [6.45, 7) is 6.06. The fraction of sp³-hybridized carbons (Fsp3) is 0.440. The van der Waals surface area contributed by atoms with E-state index < -0.39 is 6.04 Å². The molecular formula is C25H33ClN2O4. The van der Waals surface area contributed by atoms with Gasteiger partial charge < -0.3 is 19.7 Å². The maximum absolute atomic E-state index is 13.2. The van der Waals surface area contributed by atoms with Gasteiger partial charge in [0.1, 0.15) is 6.04 Å². The molecule has 174 valence electrons. The van der Waals surface area contributed by atoms with Gasteiger partial charge in [0, 0.05) is 24.0 Å². The Balaban J connectivity index is 2.17. The lowest BCUT2D eigenvalue weighted by molar-refractivity contribution is -0.140. The number of aryl methyl sites for hydroxylation is 1. The lowest BCUT2D eigenvalue weighted by Crippen LogP contribution is -2.49. The van der Waals surface area contributed by atoms with Crippen molar-refractivity contribution in [2.24, 2.45) is 0 Å². The van der Waals surface area contributed by atoms with Gasteiger partial charge in [0.25, 0.3) is 0 Å². The highest BCUT2D eigenvalue weighted by atomic mass is 35.5. The van der Waals surface area contributed by atoms with Crippen molar-refractivity contribution >= 4 is 23.4 Å². The molecule has 2 rings (SSSR count). The average molecular weight is 461 g/mol. The Morgan fingerprint density at radius 1 is 1.00 bits per heavy atom. The van der Waals surface area contributed by atoms with Crippen molar-refractivity contribution in [3.63, 3.8) is 0 Å². The monoisotopic (exact) mass is 460 g/mol. The van der Waals surface area contributed by atoms with Crippen LogP contribution in [0.3, 0.4) is 0 Å². The molecule has 0 unspecified atom stereocenters. The summed E-state index contributed by atoms with van der Waals surface area (Å²) in [5, 5.41) is 3.60. The van der Waals surface area contributed by atoms with Crippen LogP contribution in [0.2, 0.25) is 5.02 Å². The molecule has 0 radical (unpaired) electrons. The first-order valence-electron chi connectivity index (χ1n) is 10.8. The van der Waals surface area contributed by atoms with Crippen LogP contribution in [0.1, 0.15) is 44.7 Å². The highest BCUT2D eigenvalue weighted by Gasteiger charge is 2.26. The molecule has 7 heteroatoms. The largest absolute Gasteiger partial charge is 0.493 e. The molecule has 2 aromatic rings. The van der Waals surface area contributed by atoms with Crippen molar-refractivity contribution in [3.05, 3.63) is 58.6 Å². The maximum atomic E-state index is 13.2. The van der Waals surface area contributed by atoms with Gasteiger partial charge in [-0.3, -0.25) is 9.59 Å². The predicted octanol–water partition coefficient (Wildman–Crippen LogP) is 4.62. The molecule has 0 saturated heterocycles. The van der Waals surface area contributed by atoms with Crippen molar-refractivity contribution in [1.29, 1.82) is 0 Å². The number of hydrogen-bond acceptors (Lipinski definition) is 4. The van der Waals surface area contributed by atoms with Crippen molar-refractivity contribution in [1.82, 2.24) is 10.2 Å². The number of halogens is 1. The molecule has 2 atom stereocenters. The molecule has 0 aliphatic heterocycles. The molecule has 0 saturated carbocycles. The van der Waals surface area contributed by atoms with Crippen molar-refractivity contribution < 1.29 is 19.1 Å². The molecule has 0 aliphatic carbocycles. The van der Waals surface area contributed by atoms with E-state index in [1.54, 1.807) is 38.2 Å². The van der Waals surface area contributed by atoms with E-state index in [4.69, 9.17) is 21.1 Å². The topological polar surface area (TPSA) is 67.9 Å². The van der Waals surface area contributed by atoms with E-state index in [0.29, 0.717) is 29.5 Å². The average Bonchev–Trinajstić information content (AvgIpc) is 2.81. The number of nitrogens with one attached hydrogen (secondary N) is 1. The maximum Gasteiger partial charge on any atom is 0.242 e. The Bertz CT molecular complexity index is 901. The first kappa shape index (κ1) is 25.5. The molecule has 0 bridgehead atoms. The fourth-order valence-electron chi connectivity index (χ4n) is 3.27. The summed E-state index contributed by atoms with van der Waals surface area (Å²) < 4.78 is 10.6. The summed E-state index contributed by atoms with van der Waals surface area (Å²) in [4.78, 5) is 27.6. The van der Waals surface area contributed by atoms with Crippen molar-refractivity contribution in [2.45, 2.75) is 58.7 Å². The van der Waals surface area contributed by atoms with Crippen LogP contribution in [0.25, 0.3) is 0 Å². The molecule has 0 heterocycles. The lowest BCUT2D eigenvalue weighted by atomic mass is 10.1. The lowest BCUT2D eigenvalue weighted by Gasteiger charge is -2.30. The highest BCUT2D eigenvalue weighted by Crippen LogP contribution is 2.28. The number of carbonyl (C=O) groups excluding carboxylic acids is 2. The van der Waals surface area contributed by atoms with Gasteiger partial charge >= 0.3 is 0 Å². The van der Waals surface area contributed by atoms with Crippen LogP contribution in [0.5, 0.6) is 11.5 Å². The van der Waals surface area contributed by atoms with Crippen LogP contribution >= 0.6 is 11.6 Å². The zero-order valence-electron chi connectivity index (χ0n) is 19.5. The Hall–Kier alpha value is -2.73. The zero-order valence-corrected chi connectivity index (χ0v) is 20.2. The van der Waals surface area contributed by atoms with E-state index in [1.165, 1.54) is 0 Å². The number of amides is 2. The fourth-order valence-corrected chi connectivity index (χ4v) is 3.39. The predicted molar refractivity (Wildman–Crippen MR) is 127 cm³/mol. The zero-order chi connectivity index (χ0) is 23.7. The summed E-state index contributed by atoms with van der Waals surface area (Å²) >= 11 is 6.00. The second-order valence-corrected chi connectivity index (χ2v) is 8.27. The standard InChI is InChI=1S/C25H33ClN2O4/c1-6-17(2)27-25(30)18(3)28(16-20-7-11-21(26)12-8-20)24(29)14-10-19-9-13-22(31-4)23(15-19)32-5/h7-9,11-13,15,17-18H,6,10,14,16H2,1-5H3,(H,27,30)/t17-,18-/m1/s1. The molecule has 1 N–H and O–H groups in total. The van der Waals surface area contributed by atoms with E-state index in [2.05, 4.69) is 5.32 Å². The molecule has 6 nitrogen and oxygen atoms in total. The molecule has 0 spiro atoms.